The number of benzene rings is 3. The summed E-state index contributed by atoms with van der Waals surface area (Å²) in [6.07, 6.45) is 1.74. The van der Waals surface area contributed by atoms with Crippen LogP contribution in [-0.4, -0.2) is 5.91 Å². The zero-order valence-corrected chi connectivity index (χ0v) is 18.3. The van der Waals surface area contributed by atoms with Crippen LogP contribution in [0.2, 0.25) is 0 Å². The van der Waals surface area contributed by atoms with E-state index in [0.29, 0.717) is 6.61 Å². The molecule has 0 saturated carbocycles. The molecule has 0 spiro atoms. The van der Waals surface area contributed by atoms with Gasteiger partial charge < -0.3 is 10.1 Å². The van der Waals surface area contributed by atoms with Crippen molar-refractivity contribution in [1.29, 1.82) is 0 Å². The van der Waals surface area contributed by atoms with Gasteiger partial charge in [0, 0.05) is 15.7 Å². The molecular formula is C25H24BrNO2. The second kappa shape index (κ2) is 8.42. The molecule has 4 heteroatoms. The lowest BCUT2D eigenvalue weighted by Gasteiger charge is -2.21. The lowest BCUT2D eigenvalue weighted by atomic mass is 9.87. The van der Waals surface area contributed by atoms with Gasteiger partial charge in [-0.15, -0.1) is 0 Å². The van der Waals surface area contributed by atoms with Gasteiger partial charge in [-0.2, -0.15) is 0 Å². The van der Waals surface area contributed by atoms with E-state index in [-0.39, 0.29) is 5.91 Å². The Hall–Kier alpha value is -2.59. The molecule has 3 nitrogen and oxygen atoms in total. The van der Waals surface area contributed by atoms with E-state index in [4.69, 9.17) is 4.74 Å². The third-order valence-corrected chi connectivity index (χ3v) is 6.03. The third-order valence-electron chi connectivity index (χ3n) is 5.54. The summed E-state index contributed by atoms with van der Waals surface area (Å²) in [4.78, 5) is 13.7. The van der Waals surface area contributed by atoms with Crippen LogP contribution in [0.1, 0.15) is 47.6 Å². The Bertz CT molecular complexity index is 1040. The molecular weight excluding hydrogens is 426 g/mol. The maximum atomic E-state index is 13.7. The van der Waals surface area contributed by atoms with Gasteiger partial charge in [0.2, 0.25) is 5.91 Å². The van der Waals surface area contributed by atoms with Crippen LogP contribution in [0.3, 0.4) is 0 Å². The van der Waals surface area contributed by atoms with E-state index >= 15 is 0 Å². The van der Waals surface area contributed by atoms with Gasteiger partial charge in [0.1, 0.15) is 12.4 Å². The smallest absolute Gasteiger partial charge is 0.236 e. The summed E-state index contributed by atoms with van der Waals surface area (Å²) >= 11 is 3.56. The van der Waals surface area contributed by atoms with E-state index in [0.717, 1.165) is 56.6 Å². The van der Waals surface area contributed by atoms with Crippen LogP contribution in [0.15, 0.2) is 65.1 Å². The normalized spacial score (nSPS) is 14.9. The number of hydrogen-bond acceptors (Lipinski definition) is 2. The Kier molecular flexibility index (Phi) is 5.72. The average molecular weight is 450 g/mol. The van der Waals surface area contributed by atoms with Gasteiger partial charge in [-0.3, -0.25) is 4.79 Å². The Labute approximate surface area is 180 Å². The Morgan fingerprint density at radius 1 is 1.00 bits per heavy atom. The fourth-order valence-corrected chi connectivity index (χ4v) is 4.41. The number of rotatable bonds is 4. The van der Waals surface area contributed by atoms with Crippen molar-refractivity contribution in [2.45, 2.75) is 39.2 Å². The van der Waals surface area contributed by atoms with Gasteiger partial charge in [0.05, 0.1) is 5.92 Å². The van der Waals surface area contributed by atoms with Crippen molar-refractivity contribution in [3.05, 3.63) is 93.0 Å². The van der Waals surface area contributed by atoms with E-state index < -0.39 is 5.92 Å². The highest BCUT2D eigenvalue weighted by Crippen LogP contribution is 2.40. The van der Waals surface area contributed by atoms with Crippen molar-refractivity contribution in [1.82, 2.24) is 0 Å². The number of nitrogens with one attached hydrogen (secondary N) is 1. The topological polar surface area (TPSA) is 38.3 Å². The molecule has 3 aromatic carbocycles. The van der Waals surface area contributed by atoms with E-state index in [1.165, 1.54) is 0 Å². The van der Waals surface area contributed by atoms with Crippen LogP contribution in [0, 0.1) is 0 Å². The molecule has 0 bridgehead atoms. The zero-order chi connectivity index (χ0) is 20.4. The highest BCUT2D eigenvalue weighted by atomic mass is 79.9. The fraction of sp³-hybridized carbons (Fsp3) is 0.240. The van der Waals surface area contributed by atoms with Gasteiger partial charge >= 0.3 is 0 Å². The lowest BCUT2D eigenvalue weighted by molar-refractivity contribution is -0.116. The summed E-state index contributed by atoms with van der Waals surface area (Å²) in [7, 11) is 0. The quantitative estimate of drug-likeness (QED) is 0.511. The number of ether oxygens (including phenoxy) is 1. The lowest BCUT2D eigenvalue weighted by Crippen LogP contribution is -2.24. The zero-order valence-electron chi connectivity index (χ0n) is 16.7. The van der Waals surface area contributed by atoms with Crippen molar-refractivity contribution in [3.63, 3.8) is 0 Å². The number of anilines is 1. The molecule has 0 fully saturated rings. The number of fused-ring (bicyclic) bond motifs is 2. The first-order chi connectivity index (χ1) is 14.1. The molecule has 1 aliphatic heterocycles. The Morgan fingerprint density at radius 3 is 2.45 bits per heavy atom. The van der Waals surface area contributed by atoms with Crippen LogP contribution >= 0.6 is 15.9 Å². The molecule has 1 atom stereocenters. The van der Waals surface area contributed by atoms with Gasteiger partial charge in [-0.05, 0) is 53.3 Å². The predicted octanol–water partition coefficient (Wildman–Crippen LogP) is 6.24. The van der Waals surface area contributed by atoms with Crippen molar-refractivity contribution < 1.29 is 9.53 Å². The fourth-order valence-electron chi connectivity index (χ4n) is 4.03. The number of halogens is 1. The molecule has 4 rings (SSSR count). The Balaban J connectivity index is 1.82. The summed E-state index contributed by atoms with van der Waals surface area (Å²) in [6, 6.07) is 20.2. The van der Waals surface area contributed by atoms with Crippen LogP contribution < -0.4 is 10.1 Å². The molecule has 29 heavy (non-hydrogen) atoms. The molecule has 3 aromatic rings. The number of carbonyl (C=O) groups excluding carboxylic acids is 1. The molecule has 0 saturated heterocycles. The molecule has 0 radical (unpaired) electrons. The first kappa shape index (κ1) is 19.7. The third kappa shape index (κ3) is 3.82. The average Bonchev–Trinajstić information content (AvgIpc) is 2.90. The van der Waals surface area contributed by atoms with E-state index in [9.17, 15) is 4.79 Å². The largest absolute Gasteiger partial charge is 0.489 e. The van der Waals surface area contributed by atoms with Gasteiger partial charge in [0.15, 0.2) is 0 Å². The van der Waals surface area contributed by atoms with Crippen LogP contribution in [0.4, 0.5) is 5.69 Å². The second-order valence-corrected chi connectivity index (χ2v) is 8.17. The van der Waals surface area contributed by atoms with Crippen molar-refractivity contribution in [2.75, 3.05) is 5.32 Å². The molecule has 1 N–H and O–H groups in total. The van der Waals surface area contributed by atoms with E-state index in [2.05, 4.69) is 53.3 Å². The minimum atomic E-state index is -0.434. The van der Waals surface area contributed by atoms with E-state index in [1.54, 1.807) is 0 Å². The summed E-state index contributed by atoms with van der Waals surface area (Å²) in [6.45, 7) is 4.69. The first-order valence-electron chi connectivity index (χ1n) is 10.0. The second-order valence-electron chi connectivity index (χ2n) is 7.25. The van der Waals surface area contributed by atoms with Crippen LogP contribution in [-0.2, 0) is 24.2 Å². The Morgan fingerprint density at radius 2 is 1.72 bits per heavy atom. The monoisotopic (exact) mass is 449 g/mol. The number of para-hydroxylation sites is 1. The minimum absolute atomic E-state index is 0.0297. The summed E-state index contributed by atoms with van der Waals surface area (Å²) in [5.74, 6) is 0.290. The summed E-state index contributed by atoms with van der Waals surface area (Å²) in [5, 5.41) is 3.27. The maximum Gasteiger partial charge on any atom is 0.236 e. The number of hydrogen-bond donors (Lipinski definition) is 1. The molecule has 1 unspecified atom stereocenters. The molecule has 1 amide bonds. The molecule has 1 heterocycles. The van der Waals surface area contributed by atoms with Crippen molar-refractivity contribution >= 4 is 27.5 Å². The molecule has 1 aliphatic rings. The number of aryl methyl sites for hydroxylation is 2. The molecule has 0 aromatic heterocycles. The van der Waals surface area contributed by atoms with Crippen molar-refractivity contribution in [3.8, 4) is 5.75 Å². The van der Waals surface area contributed by atoms with Gasteiger partial charge in [-0.25, -0.2) is 0 Å². The first-order valence-corrected chi connectivity index (χ1v) is 10.8. The SMILES string of the molecule is CCc1cccc(CC)c1NC(=O)C1c2ccccc2COc2ccc(Br)cc21. The van der Waals surface area contributed by atoms with Crippen LogP contribution in [0.25, 0.3) is 0 Å². The van der Waals surface area contributed by atoms with Gasteiger partial charge in [-0.1, -0.05) is 72.2 Å². The standard InChI is InChI=1S/C25H24BrNO2/c1-3-16-9-7-10-17(4-2)24(16)27-25(28)23-20-11-6-5-8-18(20)15-29-22-13-12-19(26)14-21(22)23/h5-14,23H,3-4,15H2,1-2H3,(H,27,28). The number of amides is 1. The molecule has 0 aliphatic carbocycles. The van der Waals surface area contributed by atoms with Gasteiger partial charge in [0.25, 0.3) is 0 Å². The van der Waals surface area contributed by atoms with Crippen molar-refractivity contribution in [2.24, 2.45) is 0 Å². The number of carbonyl (C=O) groups is 1. The maximum absolute atomic E-state index is 13.7. The molecule has 148 valence electrons. The predicted molar refractivity (Wildman–Crippen MR) is 121 cm³/mol. The highest BCUT2D eigenvalue weighted by molar-refractivity contribution is 9.10. The minimum Gasteiger partial charge on any atom is -0.489 e. The summed E-state index contributed by atoms with van der Waals surface area (Å²) in [5.41, 5.74) is 6.18. The highest BCUT2D eigenvalue weighted by Gasteiger charge is 2.31. The van der Waals surface area contributed by atoms with E-state index in [1.807, 2.05) is 42.5 Å². The summed E-state index contributed by atoms with van der Waals surface area (Å²) < 4.78 is 6.98. The van der Waals surface area contributed by atoms with Crippen LogP contribution in [0.5, 0.6) is 5.75 Å².